The van der Waals surface area contributed by atoms with E-state index in [0.717, 1.165) is 12.1 Å². The maximum absolute atomic E-state index is 12.9. The zero-order valence-electron chi connectivity index (χ0n) is 14.6. The first-order chi connectivity index (χ1) is 13.4. The van der Waals surface area contributed by atoms with Gasteiger partial charge in [-0.25, -0.2) is 17.5 Å². The molecule has 10 heteroatoms. The summed E-state index contributed by atoms with van der Waals surface area (Å²) in [5, 5.41) is 3.78. The molecule has 3 rings (SSSR count). The fraction of sp³-hybridized carbons (Fsp3) is 0.222. The first-order valence-electron chi connectivity index (χ1n) is 8.34. The molecular weight excluding hydrogens is 391 g/mol. The Hall–Kier alpha value is -2.98. The summed E-state index contributed by atoms with van der Waals surface area (Å²) in [5.74, 6) is -0.0848. The van der Waals surface area contributed by atoms with Gasteiger partial charge in [0.25, 0.3) is 0 Å². The third-order valence-corrected chi connectivity index (χ3v) is 5.15. The standard InChI is InChI=1S/C18H17FN2O6S/c19-13-5-7-15(8-6-13)28(23,24)20-9-1-4-18(22)26-12-14-11-17(27-21-14)16-3-2-10-25-16/h2-3,5-8,10-11,20H,1,4,9,12H2. The number of esters is 1. The molecule has 0 saturated carbocycles. The van der Waals surface area contributed by atoms with Gasteiger partial charge in [0.15, 0.2) is 5.76 Å². The fourth-order valence-corrected chi connectivity index (χ4v) is 3.35. The normalized spacial score (nSPS) is 11.5. The summed E-state index contributed by atoms with van der Waals surface area (Å²) in [6, 6.07) is 9.48. The van der Waals surface area contributed by atoms with Gasteiger partial charge in [0.05, 0.1) is 11.2 Å². The lowest BCUT2D eigenvalue weighted by atomic mass is 10.3. The summed E-state index contributed by atoms with van der Waals surface area (Å²) < 4.78 is 54.6. The van der Waals surface area contributed by atoms with E-state index < -0.39 is 21.8 Å². The molecule has 0 aliphatic heterocycles. The Morgan fingerprint density at radius 2 is 1.96 bits per heavy atom. The topological polar surface area (TPSA) is 112 Å². The highest BCUT2D eigenvalue weighted by atomic mass is 32.2. The first kappa shape index (κ1) is 19.8. The number of ether oxygens (including phenoxy) is 1. The molecule has 0 fully saturated rings. The molecule has 0 radical (unpaired) electrons. The second-order valence-corrected chi connectivity index (χ2v) is 7.54. The fourth-order valence-electron chi connectivity index (χ4n) is 2.28. The predicted octanol–water partition coefficient (Wildman–Crippen LogP) is 2.88. The molecule has 28 heavy (non-hydrogen) atoms. The summed E-state index contributed by atoms with van der Waals surface area (Å²) in [5.41, 5.74) is 0.428. The molecular formula is C18H17FN2O6S. The lowest BCUT2D eigenvalue weighted by Crippen LogP contribution is -2.25. The van der Waals surface area contributed by atoms with Crippen LogP contribution in [0.5, 0.6) is 0 Å². The zero-order chi connectivity index (χ0) is 20.0. The zero-order valence-corrected chi connectivity index (χ0v) is 15.4. The van der Waals surface area contributed by atoms with Crippen LogP contribution in [0.2, 0.25) is 0 Å². The molecule has 148 valence electrons. The summed E-state index contributed by atoms with van der Waals surface area (Å²) in [7, 11) is -3.75. The summed E-state index contributed by atoms with van der Waals surface area (Å²) in [6.45, 7) is -0.0221. The summed E-state index contributed by atoms with van der Waals surface area (Å²) in [4.78, 5) is 11.7. The van der Waals surface area contributed by atoms with Gasteiger partial charge in [-0.15, -0.1) is 0 Å². The third kappa shape index (κ3) is 5.27. The van der Waals surface area contributed by atoms with Crippen LogP contribution in [0.1, 0.15) is 18.5 Å². The van der Waals surface area contributed by atoms with E-state index in [-0.39, 0.29) is 30.9 Å². The van der Waals surface area contributed by atoms with Crippen LogP contribution in [0.3, 0.4) is 0 Å². The van der Waals surface area contributed by atoms with Crippen LogP contribution in [0.4, 0.5) is 4.39 Å². The molecule has 1 aromatic carbocycles. The number of benzene rings is 1. The molecule has 0 bridgehead atoms. The molecule has 1 N–H and O–H groups in total. The van der Waals surface area contributed by atoms with Crippen LogP contribution in [-0.2, 0) is 26.2 Å². The third-order valence-electron chi connectivity index (χ3n) is 3.68. The van der Waals surface area contributed by atoms with Gasteiger partial charge >= 0.3 is 5.97 Å². The Kier molecular flexibility index (Phi) is 6.22. The van der Waals surface area contributed by atoms with Crippen LogP contribution < -0.4 is 4.72 Å². The first-order valence-corrected chi connectivity index (χ1v) is 9.83. The molecule has 0 saturated heterocycles. The van der Waals surface area contributed by atoms with E-state index in [1.165, 1.54) is 18.4 Å². The van der Waals surface area contributed by atoms with Crippen molar-refractivity contribution in [3.05, 3.63) is 60.2 Å². The highest BCUT2D eigenvalue weighted by Crippen LogP contribution is 2.20. The smallest absolute Gasteiger partial charge is 0.306 e. The lowest BCUT2D eigenvalue weighted by molar-refractivity contribution is -0.145. The minimum atomic E-state index is -3.75. The van der Waals surface area contributed by atoms with Crippen molar-refractivity contribution in [1.29, 1.82) is 0 Å². The highest BCUT2D eigenvalue weighted by molar-refractivity contribution is 7.89. The van der Waals surface area contributed by atoms with Crippen LogP contribution in [0, 0.1) is 5.82 Å². The van der Waals surface area contributed by atoms with E-state index in [2.05, 4.69) is 9.88 Å². The van der Waals surface area contributed by atoms with E-state index in [0.29, 0.717) is 17.2 Å². The Morgan fingerprint density at radius 3 is 2.68 bits per heavy atom. The number of hydrogen-bond acceptors (Lipinski definition) is 7. The quantitative estimate of drug-likeness (QED) is 0.428. The molecule has 2 heterocycles. The highest BCUT2D eigenvalue weighted by Gasteiger charge is 2.14. The minimum Gasteiger partial charge on any atom is -0.461 e. The van der Waals surface area contributed by atoms with Gasteiger partial charge in [-0.05, 0) is 42.8 Å². The van der Waals surface area contributed by atoms with E-state index >= 15 is 0 Å². The van der Waals surface area contributed by atoms with Gasteiger partial charge in [-0.2, -0.15) is 0 Å². The Morgan fingerprint density at radius 1 is 1.18 bits per heavy atom. The number of aromatic nitrogens is 1. The molecule has 3 aromatic rings. The van der Waals surface area contributed by atoms with Crippen LogP contribution in [0.25, 0.3) is 11.5 Å². The molecule has 2 aromatic heterocycles. The van der Waals surface area contributed by atoms with Crippen molar-refractivity contribution in [1.82, 2.24) is 9.88 Å². The lowest BCUT2D eigenvalue weighted by Gasteiger charge is -2.06. The summed E-state index contributed by atoms with van der Waals surface area (Å²) in [6.07, 6.45) is 1.77. The number of hydrogen-bond donors (Lipinski definition) is 1. The Labute approximate surface area is 160 Å². The molecule has 0 amide bonds. The monoisotopic (exact) mass is 408 g/mol. The second kappa shape index (κ2) is 8.81. The van der Waals surface area contributed by atoms with E-state index in [1.807, 2.05) is 0 Å². The SMILES string of the molecule is O=C(CCCNS(=O)(=O)c1ccc(F)cc1)OCc1cc(-c2ccco2)on1. The van der Waals surface area contributed by atoms with Crippen molar-refractivity contribution in [2.75, 3.05) is 6.54 Å². The van der Waals surface area contributed by atoms with Crippen molar-refractivity contribution in [2.45, 2.75) is 24.3 Å². The van der Waals surface area contributed by atoms with Gasteiger partial charge in [-0.1, -0.05) is 5.16 Å². The van der Waals surface area contributed by atoms with Crippen molar-refractivity contribution in [3.63, 3.8) is 0 Å². The number of furan rings is 1. The molecule has 0 aliphatic rings. The van der Waals surface area contributed by atoms with E-state index in [1.54, 1.807) is 18.2 Å². The van der Waals surface area contributed by atoms with Crippen molar-refractivity contribution >= 4 is 16.0 Å². The van der Waals surface area contributed by atoms with E-state index in [9.17, 15) is 17.6 Å². The average molecular weight is 408 g/mol. The molecule has 8 nitrogen and oxygen atoms in total. The van der Waals surface area contributed by atoms with Gasteiger partial charge in [0, 0.05) is 19.0 Å². The van der Waals surface area contributed by atoms with Gasteiger partial charge < -0.3 is 13.7 Å². The molecule has 0 spiro atoms. The molecule has 0 aliphatic carbocycles. The predicted molar refractivity (Wildman–Crippen MR) is 94.8 cm³/mol. The summed E-state index contributed by atoms with van der Waals surface area (Å²) >= 11 is 0. The number of carbonyl (C=O) groups excluding carboxylic acids is 1. The number of nitrogens with zero attached hydrogens (tertiary/aromatic N) is 1. The minimum absolute atomic E-state index is 0.0226. The van der Waals surface area contributed by atoms with Gasteiger partial charge in [0.1, 0.15) is 18.1 Å². The largest absolute Gasteiger partial charge is 0.461 e. The number of carbonyl (C=O) groups is 1. The number of sulfonamides is 1. The van der Waals surface area contributed by atoms with Crippen molar-refractivity contribution in [3.8, 4) is 11.5 Å². The van der Waals surface area contributed by atoms with Crippen LogP contribution in [-0.4, -0.2) is 26.1 Å². The molecule has 0 unspecified atom stereocenters. The van der Waals surface area contributed by atoms with Crippen molar-refractivity contribution < 1.29 is 31.3 Å². The maximum Gasteiger partial charge on any atom is 0.306 e. The number of halogens is 1. The number of rotatable bonds is 9. The Balaban J connectivity index is 1.38. The van der Waals surface area contributed by atoms with Gasteiger partial charge in [0.2, 0.25) is 15.8 Å². The van der Waals surface area contributed by atoms with Gasteiger partial charge in [-0.3, -0.25) is 4.79 Å². The van der Waals surface area contributed by atoms with E-state index in [4.69, 9.17) is 13.7 Å². The Bertz CT molecular complexity index is 1010. The second-order valence-electron chi connectivity index (χ2n) is 5.78. The average Bonchev–Trinajstić information content (AvgIpc) is 3.35. The molecule has 0 atom stereocenters. The van der Waals surface area contributed by atoms with Crippen molar-refractivity contribution in [2.24, 2.45) is 0 Å². The maximum atomic E-state index is 12.9. The number of nitrogens with one attached hydrogen (secondary N) is 1. The van der Waals surface area contributed by atoms with Crippen LogP contribution >= 0.6 is 0 Å². The van der Waals surface area contributed by atoms with Crippen LogP contribution in [0.15, 0.2) is 62.6 Å².